The Balaban J connectivity index is 1.74. The van der Waals surface area contributed by atoms with Crippen LogP contribution in [0.2, 0.25) is 0 Å². The van der Waals surface area contributed by atoms with Crippen molar-refractivity contribution in [2.45, 2.75) is 13.1 Å². The predicted octanol–water partition coefficient (Wildman–Crippen LogP) is 4.38. The summed E-state index contributed by atoms with van der Waals surface area (Å²) in [5, 5.41) is 8.77. The Morgan fingerprint density at radius 1 is 1.16 bits per heavy atom. The number of hydrogen-bond acceptors (Lipinski definition) is 9. The summed E-state index contributed by atoms with van der Waals surface area (Å²) in [7, 11) is -1.55. The number of methoxy groups -OCH3 is 1. The van der Waals surface area contributed by atoms with Gasteiger partial charge in [0.25, 0.3) is 0 Å². The van der Waals surface area contributed by atoms with Crippen molar-refractivity contribution >= 4 is 44.6 Å². The van der Waals surface area contributed by atoms with E-state index < -0.39 is 16.5 Å². The Morgan fingerprint density at radius 3 is 2.65 bits per heavy atom. The van der Waals surface area contributed by atoms with Gasteiger partial charge in [0.05, 0.1) is 25.2 Å². The van der Waals surface area contributed by atoms with Crippen LogP contribution in [0.5, 0.6) is 11.5 Å². The van der Waals surface area contributed by atoms with Gasteiger partial charge in [0.1, 0.15) is 33.8 Å². The van der Waals surface area contributed by atoms with Crippen LogP contribution in [0.25, 0.3) is 0 Å². The van der Waals surface area contributed by atoms with Crippen LogP contribution in [0.4, 0.5) is 33.2 Å². The molecular formula is C25H28FN5O5S. The number of nitrogens with one attached hydrogen (secondary N) is 3. The van der Waals surface area contributed by atoms with Crippen LogP contribution in [0.3, 0.4) is 0 Å². The second-order valence-corrected chi connectivity index (χ2v) is 10.2. The largest absolute Gasteiger partial charge is 0.494 e. The number of alkyl halides is 1. The van der Waals surface area contributed by atoms with Gasteiger partial charge in [-0.2, -0.15) is 4.98 Å². The van der Waals surface area contributed by atoms with Gasteiger partial charge in [-0.1, -0.05) is 12.6 Å². The highest BCUT2D eigenvalue weighted by atomic mass is 32.2. The van der Waals surface area contributed by atoms with Crippen LogP contribution in [0.15, 0.2) is 61.3 Å². The zero-order valence-electron chi connectivity index (χ0n) is 20.5. The molecule has 3 aromatic rings. The van der Waals surface area contributed by atoms with Gasteiger partial charge >= 0.3 is 0 Å². The van der Waals surface area contributed by atoms with Crippen molar-refractivity contribution < 1.29 is 27.1 Å². The molecule has 0 aliphatic rings. The fraction of sp³-hybridized carbons (Fsp3) is 0.240. The minimum atomic E-state index is -3.05. The van der Waals surface area contributed by atoms with Gasteiger partial charge in [-0.05, 0) is 42.8 Å². The lowest BCUT2D eigenvalue weighted by molar-refractivity contribution is -0.111. The number of amides is 1. The molecule has 0 aliphatic carbocycles. The van der Waals surface area contributed by atoms with Crippen molar-refractivity contribution in [2.24, 2.45) is 0 Å². The summed E-state index contributed by atoms with van der Waals surface area (Å²) >= 11 is 0. The first-order valence-electron chi connectivity index (χ1n) is 11.2. The van der Waals surface area contributed by atoms with E-state index in [-0.39, 0.29) is 35.6 Å². The number of aromatic nitrogens is 2. The average molecular weight is 530 g/mol. The average Bonchev–Trinajstić information content (AvgIpc) is 2.87. The van der Waals surface area contributed by atoms with Crippen LogP contribution >= 0.6 is 0 Å². The van der Waals surface area contributed by atoms with E-state index in [1.165, 1.54) is 19.6 Å². The molecule has 0 fully saturated rings. The third-order valence-electron chi connectivity index (χ3n) is 4.93. The number of sulfone groups is 1. The molecule has 0 spiro atoms. The highest BCUT2D eigenvalue weighted by Gasteiger charge is 2.12. The summed E-state index contributed by atoms with van der Waals surface area (Å²) in [5.74, 6) is 1.08. The molecule has 0 aliphatic heterocycles. The second-order valence-electron chi connectivity index (χ2n) is 7.92. The summed E-state index contributed by atoms with van der Waals surface area (Å²) in [6, 6.07) is 11.9. The van der Waals surface area contributed by atoms with E-state index in [0.29, 0.717) is 35.0 Å². The molecule has 0 bridgehead atoms. The summed E-state index contributed by atoms with van der Waals surface area (Å²) in [4.78, 5) is 20.2. The molecule has 0 unspecified atom stereocenters. The lowest BCUT2D eigenvalue weighted by Gasteiger charge is -2.15. The Morgan fingerprint density at radius 2 is 1.95 bits per heavy atom. The predicted molar refractivity (Wildman–Crippen MR) is 141 cm³/mol. The molecule has 0 radical (unpaired) electrons. The molecule has 12 heteroatoms. The lowest BCUT2D eigenvalue weighted by atomic mass is 10.2. The number of anilines is 5. The number of rotatable bonds is 13. The molecule has 10 nitrogen and oxygen atoms in total. The summed E-state index contributed by atoms with van der Waals surface area (Å²) in [6.07, 6.45) is 4.08. The van der Waals surface area contributed by atoms with Gasteiger partial charge in [-0.15, -0.1) is 0 Å². The molecule has 0 saturated carbocycles. The number of halogens is 1. The molecule has 0 atom stereocenters. The van der Waals surface area contributed by atoms with Crippen molar-refractivity contribution in [2.75, 3.05) is 41.7 Å². The molecule has 0 saturated heterocycles. The maximum Gasteiger partial charge on any atom is 0.247 e. The van der Waals surface area contributed by atoms with Crippen LogP contribution in [-0.4, -0.2) is 50.0 Å². The number of carbonyl (C=O) groups is 1. The molecule has 3 N–H and O–H groups in total. The third kappa shape index (κ3) is 8.46. The van der Waals surface area contributed by atoms with E-state index in [1.807, 2.05) is 0 Å². The first-order valence-corrected chi connectivity index (χ1v) is 13.2. The molecule has 1 amide bonds. The van der Waals surface area contributed by atoms with Crippen molar-refractivity contribution in [1.29, 1.82) is 0 Å². The van der Waals surface area contributed by atoms with E-state index >= 15 is 0 Å². The van der Waals surface area contributed by atoms with Crippen LogP contribution < -0.4 is 25.4 Å². The highest BCUT2D eigenvalue weighted by Crippen LogP contribution is 2.32. The number of ether oxygens (including phenoxy) is 2. The first-order chi connectivity index (χ1) is 17.7. The van der Waals surface area contributed by atoms with Crippen molar-refractivity contribution in [1.82, 2.24) is 9.97 Å². The monoisotopic (exact) mass is 529 g/mol. The van der Waals surface area contributed by atoms with Crippen molar-refractivity contribution in [3.05, 3.63) is 66.9 Å². The summed E-state index contributed by atoms with van der Waals surface area (Å²) < 4.78 is 47.2. The Kier molecular flexibility index (Phi) is 9.39. The topological polar surface area (TPSA) is 132 Å². The van der Waals surface area contributed by atoms with Gasteiger partial charge in [-0.25, -0.2) is 17.8 Å². The quantitative estimate of drug-likeness (QED) is 0.218. The molecule has 1 aromatic heterocycles. The van der Waals surface area contributed by atoms with Crippen molar-refractivity contribution in [3.63, 3.8) is 0 Å². The zero-order valence-corrected chi connectivity index (χ0v) is 21.3. The minimum Gasteiger partial charge on any atom is -0.494 e. The van der Waals surface area contributed by atoms with Crippen LogP contribution in [0.1, 0.15) is 12.0 Å². The van der Waals surface area contributed by atoms with Gasteiger partial charge in [-0.3, -0.25) is 4.79 Å². The molecule has 1 heterocycles. The SMILES string of the molecule is C=CC(=O)Nc1cccc(Nc2nc(Nc3ccc(OCCCS(C)(=O)=O)cc3OC)ncc2CF)c1. The van der Waals surface area contributed by atoms with Crippen molar-refractivity contribution in [3.8, 4) is 11.5 Å². The maximum atomic E-state index is 13.6. The standard InChI is InChI=1S/C25H28FN5O5S/c1-4-23(32)28-18-7-5-8-19(13-18)29-24-17(15-26)16-27-25(31-24)30-21-10-9-20(14-22(21)35-2)36-11-6-12-37(3,33)34/h4-5,7-10,13-14,16H,1,6,11-12,15H2,2-3H3,(H,28,32)(H2,27,29,30,31). The van der Waals surface area contributed by atoms with E-state index in [4.69, 9.17) is 9.47 Å². The minimum absolute atomic E-state index is 0.0418. The molecule has 3 rings (SSSR count). The fourth-order valence-electron chi connectivity index (χ4n) is 3.17. The number of hydrogen-bond donors (Lipinski definition) is 3. The second kappa shape index (κ2) is 12.7. The molecule has 37 heavy (non-hydrogen) atoms. The maximum absolute atomic E-state index is 13.6. The summed E-state index contributed by atoms with van der Waals surface area (Å²) in [5.41, 5.74) is 1.90. The Labute approximate surface area is 214 Å². The van der Waals surface area contributed by atoms with Gasteiger partial charge in [0, 0.05) is 35.5 Å². The third-order valence-corrected chi connectivity index (χ3v) is 5.96. The Hall–Kier alpha value is -4.19. The fourth-order valence-corrected chi connectivity index (χ4v) is 3.82. The smallest absolute Gasteiger partial charge is 0.247 e. The molecule has 2 aromatic carbocycles. The van der Waals surface area contributed by atoms with E-state index in [1.54, 1.807) is 42.5 Å². The van der Waals surface area contributed by atoms with Crippen LogP contribution in [-0.2, 0) is 21.3 Å². The number of benzene rings is 2. The lowest BCUT2D eigenvalue weighted by Crippen LogP contribution is -2.08. The number of carbonyl (C=O) groups excluding carboxylic acids is 1. The molecule has 196 valence electrons. The van der Waals surface area contributed by atoms with E-state index in [0.717, 1.165) is 6.08 Å². The zero-order chi connectivity index (χ0) is 26.8. The summed E-state index contributed by atoms with van der Waals surface area (Å²) in [6.45, 7) is 2.88. The first kappa shape index (κ1) is 27.4. The normalized spacial score (nSPS) is 10.9. The van der Waals surface area contributed by atoms with Crippen LogP contribution in [0, 0.1) is 0 Å². The number of nitrogens with zero attached hydrogens (tertiary/aromatic N) is 2. The van der Waals surface area contributed by atoms with Gasteiger partial charge in [0.2, 0.25) is 11.9 Å². The highest BCUT2D eigenvalue weighted by molar-refractivity contribution is 7.90. The van der Waals surface area contributed by atoms with Gasteiger partial charge in [0.15, 0.2) is 0 Å². The van der Waals surface area contributed by atoms with Gasteiger partial charge < -0.3 is 25.4 Å². The van der Waals surface area contributed by atoms with E-state index in [2.05, 4.69) is 32.5 Å². The molecular weight excluding hydrogens is 501 g/mol. The van der Waals surface area contributed by atoms with E-state index in [9.17, 15) is 17.6 Å². The Bertz CT molecular complexity index is 1370.